The van der Waals surface area contributed by atoms with E-state index in [4.69, 9.17) is 0 Å². The van der Waals surface area contributed by atoms with Crippen LogP contribution in [-0.4, -0.2) is 44.1 Å². The first-order chi connectivity index (χ1) is 9.49. The lowest BCUT2D eigenvalue weighted by Crippen LogP contribution is -2.20. The van der Waals surface area contributed by atoms with Gasteiger partial charge in [-0.05, 0) is 11.4 Å². The minimum Gasteiger partial charge on any atom is -0.361 e. The number of hydrogen-bond acceptors (Lipinski definition) is 6. The van der Waals surface area contributed by atoms with E-state index < -0.39 is 0 Å². The molecule has 106 valence electrons. The van der Waals surface area contributed by atoms with Crippen LogP contribution in [0.5, 0.6) is 0 Å². The third-order valence-electron chi connectivity index (χ3n) is 2.61. The van der Waals surface area contributed by atoms with Crippen LogP contribution in [0, 0.1) is 0 Å². The Morgan fingerprint density at radius 1 is 1.25 bits per heavy atom. The van der Waals surface area contributed by atoms with E-state index in [9.17, 15) is 4.79 Å². The molecule has 0 aliphatic heterocycles. The average Bonchev–Trinajstić information content (AvgIpc) is 2.92. The second kappa shape index (κ2) is 5.87. The van der Waals surface area contributed by atoms with Gasteiger partial charge in [0.15, 0.2) is 5.82 Å². The van der Waals surface area contributed by atoms with Gasteiger partial charge in [0.1, 0.15) is 5.69 Å². The number of amides is 1. The Kier molecular flexibility index (Phi) is 4.19. The maximum Gasteiger partial charge on any atom is 0.256 e. The predicted octanol–water partition coefficient (Wildman–Crippen LogP) is 1.92. The van der Waals surface area contributed by atoms with E-state index in [2.05, 4.69) is 15.3 Å². The molecule has 0 atom stereocenters. The van der Waals surface area contributed by atoms with E-state index in [0.29, 0.717) is 23.0 Å². The molecule has 6 nitrogen and oxygen atoms in total. The van der Waals surface area contributed by atoms with Crippen LogP contribution in [0.2, 0.25) is 0 Å². The quantitative estimate of drug-likeness (QED) is 0.932. The van der Waals surface area contributed by atoms with Crippen molar-refractivity contribution in [1.82, 2.24) is 9.97 Å². The number of nitrogens with one attached hydrogen (secondary N) is 1. The van der Waals surface area contributed by atoms with Crippen molar-refractivity contribution in [3.05, 3.63) is 28.6 Å². The fourth-order valence-corrected chi connectivity index (χ4v) is 2.23. The number of aromatic nitrogens is 2. The molecule has 0 aromatic carbocycles. The van der Waals surface area contributed by atoms with Gasteiger partial charge < -0.3 is 15.1 Å². The minimum atomic E-state index is -0.157. The Morgan fingerprint density at radius 3 is 2.55 bits per heavy atom. The first-order valence-electron chi connectivity index (χ1n) is 6.04. The molecule has 1 N–H and O–H groups in total. The van der Waals surface area contributed by atoms with Crippen LogP contribution in [0.25, 0.3) is 0 Å². The monoisotopic (exact) mass is 291 g/mol. The molecule has 0 aliphatic rings. The molecule has 20 heavy (non-hydrogen) atoms. The van der Waals surface area contributed by atoms with Gasteiger partial charge in [0.05, 0.1) is 11.8 Å². The Labute approximate surface area is 122 Å². The summed E-state index contributed by atoms with van der Waals surface area (Å²) in [7, 11) is 7.50. The Hall–Kier alpha value is -2.15. The molecule has 2 rings (SSSR count). The summed E-state index contributed by atoms with van der Waals surface area (Å²) in [6, 6.07) is 1.78. The van der Waals surface area contributed by atoms with Gasteiger partial charge in [0.25, 0.3) is 5.91 Å². The lowest BCUT2D eigenvalue weighted by Gasteiger charge is -2.19. The normalized spacial score (nSPS) is 10.2. The van der Waals surface area contributed by atoms with Crippen molar-refractivity contribution in [2.75, 3.05) is 43.3 Å². The summed E-state index contributed by atoms with van der Waals surface area (Å²) in [5, 5.41) is 6.52. The number of carbonyl (C=O) groups excluding carboxylic acids is 1. The van der Waals surface area contributed by atoms with Crippen LogP contribution >= 0.6 is 11.3 Å². The summed E-state index contributed by atoms with van der Waals surface area (Å²) in [5.74, 6) is 1.12. The molecule has 0 bridgehead atoms. The molecule has 2 heterocycles. The van der Waals surface area contributed by atoms with Gasteiger partial charge >= 0.3 is 0 Å². The Balaban J connectivity index is 2.29. The number of hydrogen-bond donors (Lipinski definition) is 1. The smallest absolute Gasteiger partial charge is 0.256 e. The zero-order valence-corrected chi connectivity index (χ0v) is 12.7. The van der Waals surface area contributed by atoms with E-state index in [0.717, 1.165) is 0 Å². The number of thiophene rings is 1. The summed E-state index contributed by atoms with van der Waals surface area (Å²) in [6.45, 7) is 0. The molecule has 0 saturated carbocycles. The topological polar surface area (TPSA) is 61.4 Å². The third kappa shape index (κ3) is 3.05. The maximum absolute atomic E-state index is 12.1. The summed E-state index contributed by atoms with van der Waals surface area (Å²) < 4.78 is 0. The van der Waals surface area contributed by atoms with E-state index >= 15 is 0 Å². The number of carbonyl (C=O) groups is 1. The molecule has 1 amide bonds. The van der Waals surface area contributed by atoms with Crippen LogP contribution in [-0.2, 0) is 0 Å². The van der Waals surface area contributed by atoms with Gasteiger partial charge in [0, 0.05) is 33.6 Å². The van der Waals surface area contributed by atoms with Crippen molar-refractivity contribution in [3.8, 4) is 0 Å². The summed E-state index contributed by atoms with van der Waals surface area (Å²) in [6.07, 6.45) is 1.63. The average molecular weight is 291 g/mol. The van der Waals surface area contributed by atoms with Crippen LogP contribution < -0.4 is 15.1 Å². The van der Waals surface area contributed by atoms with Crippen molar-refractivity contribution in [1.29, 1.82) is 0 Å². The molecule has 0 unspecified atom stereocenters. The zero-order chi connectivity index (χ0) is 14.7. The van der Waals surface area contributed by atoms with Crippen LogP contribution in [0.1, 0.15) is 10.4 Å². The number of nitrogens with zero attached hydrogens (tertiary/aromatic N) is 4. The van der Waals surface area contributed by atoms with E-state index in [1.807, 2.05) is 43.4 Å². The van der Waals surface area contributed by atoms with Crippen LogP contribution in [0.4, 0.5) is 17.5 Å². The predicted molar refractivity (Wildman–Crippen MR) is 83.0 cm³/mol. The molecule has 0 spiro atoms. The Bertz CT molecular complexity index is 595. The van der Waals surface area contributed by atoms with E-state index in [1.54, 1.807) is 17.6 Å². The van der Waals surface area contributed by atoms with Gasteiger partial charge in [0.2, 0.25) is 5.95 Å². The van der Waals surface area contributed by atoms with E-state index in [1.165, 1.54) is 11.3 Å². The molecule has 0 fully saturated rings. The second-order valence-electron chi connectivity index (χ2n) is 4.66. The number of anilines is 3. The molecule has 2 aromatic heterocycles. The molecule has 0 radical (unpaired) electrons. The SMILES string of the molecule is CN(C)c1ncc(NC(=O)c2ccsc2)c(N(C)C)n1. The van der Waals surface area contributed by atoms with Crippen LogP contribution in [0.15, 0.2) is 23.0 Å². The lowest BCUT2D eigenvalue weighted by atomic mass is 10.3. The molecule has 0 aliphatic carbocycles. The minimum absolute atomic E-state index is 0.157. The number of rotatable bonds is 4. The standard InChI is InChI=1S/C13H17N5OS/c1-17(2)11-10(7-14-13(16-11)18(3)4)15-12(19)9-5-6-20-8-9/h5-8H,1-4H3,(H,15,19). The molecule has 2 aromatic rings. The molecular weight excluding hydrogens is 274 g/mol. The summed E-state index contributed by atoms with van der Waals surface area (Å²) in [5.41, 5.74) is 1.23. The lowest BCUT2D eigenvalue weighted by molar-refractivity contribution is 0.102. The van der Waals surface area contributed by atoms with Gasteiger partial charge in [-0.3, -0.25) is 4.79 Å². The molecule has 7 heteroatoms. The summed E-state index contributed by atoms with van der Waals surface area (Å²) in [4.78, 5) is 24.4. The van der Waals surface area contributed by atoms with Crippen molar-refractivity contribution in [3.63, 3.8) is 0 Å². The summed E-state index contributed by atoms with van der Waals surface area (Å²) >= 11 is 1.49. The van der Waals surface area contributed by atoms with Gasteiger partial charge in [-0.15, -0.1) is 0 Å². The van der Waals surface area contributed by atoms with Gasteiger partial charge in [-0.25, -0.2) is 4.98 Å². The van der Waals surface area contributed by atoms with Gasteiger partial charge in [-0.2, -0.15) is 16.3 Å². The first kappa shape index (κ1) is 14.3. The van der Waals surface area contributed by atoms with Gasteiger partial charge in [-0.1, -0.05) is 0 Å². The van der Waals surface area contributed by atoms with Crippen molar-refractivity contribution < 1.29 is 4.79 Å². The van der Waals surface area contributed by atoms with Crippen molar-refractivity contribution in [2.45, 2.75) is 0 Å². The molecule has 0 saturated heterocycles. The van der Waals surface area contributed by atoms with Crippen molar-refractivity contribution in [2.24, 2.45) is 0 Å². The fourth-order valence-electron chi connectivity index (χ4n) is 1.60. The third-order valence-corrected chi connectivity index (χ3v) is 3.29. The van der Waals surface area contributed by atoms with E-state index in [-0.39, 0.29) is 5.91 Å². The highest BCUT2D eigenvalue weighted by Crippen LogP contribution is 2.23. The first-order valence-corrected chi connectivity index (χ1v) is 6.98. The van der Waals surface area contributed by atoms with Crippen LogP contribution in [0.3, 0.4) is 0 Å². The zero-order valence-electron chi connectivity index (χ0n) is 11.9. The highest BCUT2D eigenvalue weighted by molar-refractivity contribution is 7.08. The fraction of sp³-hybridized carbons (Fsp3) is 0.308. The maximum atomic E-state index is 12.1. The largest absolute Gasteiger partial charge is 0.361 e. The Morgan fingerprint density at radius 2 is 2.00 bits per heavy atom. The highest BCUT2D eigenvalue weighted by Gasteiger charge is 2.14. The molecular formula is C13H17N5OS. The van der Waals surface area contributed by atoms with Crippen molar-refractivity contribution >= 4 is 34.7 Å². The highest BCUT2D eigenvalue weighted by atomic mass is 32.1. The second-order valence-corrected chi connectivity index (χ2v) is 5.44.